The van der Waals surface area contributed by atoms with Crippen LogP contribution in [0.15, 0.2) is 11.6 Å². The minimum atomic E-state index is -0.921. The van der Waals surface area contributed by atoms with E-state index in [9.17, 15) is 4.79 Å². The van der Waals surface area contributed by atoms with E-state index in [0.717, 1.165) is 12.0 Å². The molecule has 0 unspecified atom stereocenters. The van der Waals surface area contributed by atoms with E-state index in [-0.39, 0.29) is 5.60 Å². The third kappa shape index (κ3) is 6.34. The largest absolute Gasteiger partial charge is 0.478 e. The van der Waals surface area contributed by atoms with Crippen LogP contribution in [0.25, 0.3) is 0 Å². The van der Waals surface area contributed by atoms with Crippen molar-refractivity contribution in [3.05, 3.63) is 11.6 Å². The van der Waals surface area contributed by atoms with Gasteiger partial charge < -0.3 is 9.84 Å². The summed E-state index contributed by atoms with van der Waals surface area (Å²) in [6.45, 7) is 8.14. The molecule has 0 saturated heterocycles. The first-order valence-corrected chi connectivity index (χ1v) is 4.41. The van der Waals surface area contributed by atoms with Crippen LogP contribution >= 0.6 is 0 Å². The quantitative estimate of drug-likeness (QED) is 0.670. The fourth-order valence-corrected chi connectivity index (χ4v) is 0.664. The second-order valence-corrected chi connectivity index (χ2v) is 3.73. The zero-order valence-electron chi connectivity index (χ0n) is 8.76. The van der Waals surface area contributed by atoms with Crippen molar-refractivity contribution in [2.75, 3.05) is 6.61 Å². The molecule has 0 aliphatic heterocycles. The lowest BCUT2D eigenvalue weighted by atomic mass is 10.1. The van der Waals surface area contributed by atoms with Crippen molar-refractivity contribution in [2.24, 2.45) is 0 Å². The Morgan fingerprint density at radius 1 is 1.54 bits per heavy atom. The molecule has 0 aromatic heterocycles. The molecule has 3 nitrogen and oxygen atoms in total. The average molecular weight is 186 g/mol. The molecule has 0 aromatic rings. The third-order valence-electron chi connectivity index (χ3n) is 1.91. The summed E-state index contributed by atoms with van der Waals surface area (Å²) in [6, 6.07) is 0. The van der Waals surface area contributed by atoms with Gasteiger partial charge >= 0.3 is 5.97 Å². The van der Waals surface area contributed by atoms with Crippen LogP contribution in [0, 0.1) is 0 Å². The van der Waals surface area contributed by atoms with Crippen LogP contribution in [-0.4, -0.2) is 23.3 Å². The van der Waals surface area contributed by atoms with Crippen LogP contribution in [0.2, 0.25) is 0 Å². The van der Waals surface area contributed by atoms with Crippen LogP contribution in [0.4, 0.5) is 0 Å². The summed E-state index contributed by atoms with van der Waals surface area (Å²) < 4.78 is 5.51. The van der Waals surface area contributed by atoms with Gasteiger partial charge in [0, 0.05) is 6.08 Å². The minimum Gasteiger partial charge on any atom is -0.478 e. The van der Waals surface area contributed by atoms with Gasteiger partial charge in [-0.05, 0) is 32.8 Å². The molecule has 0 aliphatic carbocycles. The first kappa shape index (κ1) is 12.2. The fraction of sp³-hybridized carbons (Fsp3) is 0.700. The standard InChI is InChI=1S/C10H18O3/c1-5-10(3,4)13-7-8(2)6-9(11)12/h6H,5,7H2,1-4H3,(H,11,12). The van der Waals surface area contributed by atoms with Crippen molar-refractivity contribution in [3.63, 3.8) is 0 Å². The van der Waals surface area contributed by atoms with Gasteiger partial charge in [-0.1, -0.05) is 6.92 Å². The zero-order chi connectivity index (χ0) is 10.5. The second-order valence-electron chi connectivity index (χ2n) is 3.73. The number of carboxylic acid groups (broad SMARTS) is 1. The van der Waals surface area contributed by atoms with E-state index in [1.165, 1.54) is 6.08 Å². The van der Waals surface area contributed by atoms with Crippen molar-refractivity contribution >= 4 is 5.97 Å². The van der Waals surface area contributed by atoms with E-state index < -0.39 is 5.97 Å². The van der Waals surface area contributed by atoms with E-state index in [1.54, 1.807) is 6.92 Å². The molecule has 0 heterocycles. The monoisotopic (exact) mass is 186 g/mol. The van der Waals surface area contributed by atoms with Gasteiger partial charge in [-0.15, -0.1) is 0 Å². The number of carbonyl (C=O) groups is 1. The average Bonchev–Trinajstić information content (AvgIpc) is 2.00. The van der Waals surface area contributed by atoms with Gasteiger partial charge in [-0.3, -0.25) is 0 Å². The number of rotatable bonds is 5. The van der Waals surface area contributed by atoms with Gasteiger partial charge in [-0.25, -0.2) is 4.79 Å². The molecule has 0 fully saturated rings. The molecular formula is C10H18O3. The van der Waals surface area contributed by atoms with E-state index in [2.05, 4.69) is 0 Å². The maximum absolute atomic E-state index is 10.3. The van der Waals surface area contributed by atoms with Crippen LogP contribution in [0.1, 0.15) is 34.1 Å². The maximum atomic E-state index is 10.3. The summed E-state index contributed by atoms with van der Waals surface area (Å²) >= 11 is 0. The van der Waals surface area contributed by atoms with Crippen LogP contribution in [-0.2, 0) is 9.53 Å². The van der Waals surface area contributed by atoms with Crippen LogP contribution < -0.4 is 0 Å². The molecule has 0 atom stereocenters. The van der Waals surface area contributed by atoms with E-state index in [4.69, 9.17) is 9.84 Å². The molecule has 76 valence electrons. The lowest BCUT2D eigenvalue weighted by Crippen LogP contribution is -2.24. The topological polar surface area (TPSA) is 46.5 Å². The van der Waals surface area contributed by atoms with Gasteiger partial charge in [-0.2, -0.15) is 0 Å². The van der Waals surface area contributed by atoms with Gasteiger partial charge in [0.1, 0.15) is 0 Å². The Balaban J connectivity index is 3.96. The molecule has 3 heteroatoms. The first-order chi connectivity index (χ1) is 5.87. The Morgan fingerprint density at radius 3 is 2.46 bits per heavy atom. The Bertz CT molecular complexity index is 204. The molecular weight excluding hydrogens is 168 g/mol. The second kappa shape index (κ2) is 5.02. The number of aliphatic carboxylic acids is 1. The summed E-state index contributed by atoms with van der Waals surface area (Å²) in [6.07, 6.45) is 2.08. The smallest absolute Gasteiger partial charge is 0.328 e. The van der Waals surface area contributed by atoms with Gasteiger partial charge in [0.25, 0.3) is 0 Å². The van der Waals surface area contributed by atoms with Crippen molar-refractivity contribution < 1.29 is 14.6 Å². The van der Waals surface area contributed by atoms with E-state index >= 15 is 0 Å². The van der Waals surface area contributed by atoms with Gasteiger partial charge in [0.2, 0.25) is 0 Å². The Kier molecular flexibility index (Phi) is 4.70. The van der Waals surface area contributed by atoms with Crippen molar-refractivity contribution in [1.29, 1.82) is 0 Å². The fourth-order valence-electron chi connectivity index (χ4n) is 0.664. The molecule has 0 aliphatic rings. The zero-order valence-corrected chi connectivity index (χ0v) is 8.76. The molecule has 0 rings (SSSR count). The van der Waals surface area contributed by atoms with Crippen molar-refractivity contribution in [1.82, 2.24) is 0 Å². The molecule has 1 N–H and O–H groups in total. The number of ether oxygens (including phenoxy) is 1. The molecule has 0 aromatic carbocycles. The number of hydrogen-bond acceptors (Lipinski definition) is 2. The van der Waals surface area contributed by atoms with E-state index in [0.29, 0.717) is 6.61 Å². The number of carboxylic acids is 1. The molecule has 0 radical (unpaired) electrons. The van der Waals surface area contributed by atoms with Gasteiger partial charge in [0.05, 0.1) is 12.2 Å². The molecule has 0 spiro atoms. The highest BCUT2D eigenvalue weighted by Gasteiger charge is 2.14. The summed E-state index contributed by atoms with van der Waals surface area (Å²) in [5.74, 6) is -0.921. The summed E-state index contributed by atoms with van der Waals surface area (Å²) in [5.41, 5.74) is 0.558. The highest BCUT2D eigenvalue weighted by atomic mass is 16.5. The third-order valence-corrected chi connectivity index (χ3v) is 1.91. The van der Waals surface area contributed by atoms with Crippen LogP contribution in [0.5, 0.6) is 0 Å². The lowest BCUT2D eigenvalue weighted by molar-refractivity contribution is -0.131. The number of hydrogen-bond donors (Lipinski definition) is 1. The Labute approximate surface area is 79.4 Å². The Morgan fingerprint density at radius 2 is 2.08 bits per heavy atom. The minimum absolute atomic E-state index is 0.173. The highest BCUT2D eigenvalue weighted by Crippen LogP contribution is 2.14. The summed E-state index contributed by atoms with van der Waals surface area (Å²) in [5, 5.41) is 8.44. The predicted octanol–water partition coefficient (Wildman–Crippen LogP) is 2.22. The van der Waals surface area contributed by atoms with Gasteiger partial charge in [0.15, 0.2) is 0 Å². The lowest BCUT2D eigenvalue weighted by Gasteiger charge is -2.23. The first-order valence-electron chi connectivity index (χ1n) is 4.41. The molecule has 0 saturated carbocycles. The Hall–Kier alpha value is -0.830. The normalized spacial score (nSPS) is 13.1. The molecule has 13 heavy (non-hydrogen) atoms. The highest BCUT2D eigenvalue weighted by molar-refractivity contribution is 5.80. The summed E-state index contributed by atoms with van der Waals surface area (Å²) in [4.78, 5) is 10.3. The summed E-state index contributed by atoms with van der Waals surface area (Å²) in [7, 11) is 0. The van der Waals surface area contributed by atoms with E-state index in [1.807, 2.05) is 20.8 Å². The predicted molar refractivity (Wildman–Crippen MR) is 51.7 cm³/mol. The van der Waals surface area contributed by atoms with Crippen molar-refractivity contribution in [2.45, 2.75) is 39.7 Å². The van der Waals surface area contributed by atoms with Crippen LogP contribution in [0.3, 0.4) is 0 Å². The molecule has 0 bridgehead atoms. The van der Waals surface area contributed by atoms with Crippen molar-refractivity contribution in [3.8, 4) is 0 Å². The molecule has 0 amide bonds. The SMILES string of the molecule is CCC(C)(C)OCC(C)=CC(=O)O. The maximum Gasteiger partial charge on any atom is 0.328 e.